The minimum absolute atomic E-state index is 0.254. The van der Waals surface area contributed by atoms with E-state index >= 15 is 9.13 Å². The van der Waals surface area contributed by atoms with Gasteiger partial charge < -0.3 is 18.6 Å². The lowest BCUT2D eigenvalue weighted by Gasteiger charge is -2.34. The Hall–Kier alpha value is -2.74. The van der Waals surface area contributed by atoms with Crippen molar-refractivity contribution in [1.82, 2.24) is 0 Å². The molecule has 1 saturated carbocycles. The van der Waals surface area contributed by atoms with Gasteiger partial charge in [0.25, 0.3) is 0 Å². The van der Waals surface area contributed by atoms with Gasteiger partial charge in [-0.25, -0.2) is 0 Å². The molecule has 0 amide bonds. The van der Waals surface area contributed by atoms with E-state index < -0.39 is 14.3 Å². The van der Waals surface area contributed by atoms with Gasteiger partial charge >= 0.3 is 0 Å². The second-order valence-electron chi connectivity index (χ2n) is 9.86. The quantitative estimate of drug-likeness (QED) is 0.264. The maximum atomic E-state index is 15.5. The number of hydrogen-bond donors (Lipinski definition) is 0. The van der Waals surface area contributed by atoms with Crippen LogP contribution >= 0.6 is 14.3 Å². The Bertz CT molecular complexity index is 1320. The lowest BCUT2D eigenvalue weighted by Crippen LogP contribution is -2.37. The van der Waals surface area contributed by atoms with Gasteiger partial charge in [-0.3, -0.25) is 0 Å². The predicted molar refractivity (Wildman–Crippen MR) is 158 cm³/mol. The first-order valence-electron chi connectivity index (χ1n) is 13.0. The van der Waals surface area contributed by atoms with Crippen molar-refractivity contribution in [1.29, 1.82) is 0 Å². The fourth-order valence-electron chi connectivity index (χ4n) is 6.07. The average Bonchev–Trinajstić information content (AvgIpc) is 3.35. The number of rotatable bonds is 9. The van der Waals surface area contributed by atoms with E-state index in [1.165, 1.54) is 0 Å². The first-order chi connectivity index (χ1) is 18.5. The van der Waals surface area contributed by atoms with Crippen molar-refractivity contribution in [2.24, 2.45) is 5.92 Å². The molecule has 0 N–H and O–H groups in total. The molecule has 5 rings (SSSR count). The molecule has 1 aliphatic carbocycles. The monoisotopic (exact) mass is 544 g/mol. The highest BCUT2D eigenvalue weighted by atomic mass is 31.2. The van der Waals surface area contributed by atoms with Crippen LogP contribution in [0.15, 0.2) is 121 Å². The highest BCUT2D eigenvalue weighted by Gasteiger charge is 2.54. The van der Waals surface area contributed by atoms with Gasteiger partial charge in [0, 0.05) is 53.2 Å². The molecule has 0 spiro atoms. The third kappa shape index (κ3) is 4.88. The van der Waals surface area contributed by atoms with Gasteiger partial charge in [-0.2, -0.15) is 0 Å². The molecule has 0 heterocycles. The maximum Gasteiger partial charge on any atom is 0.146 e. The molecule has 6 heteroatoms. The van der Waals surface area contributed by atoms with E-state index in [0.717, 1.165) is 21.2 Å². The summed E-state index contributed by atoms with van der Waals surface area (Å²) in [6.45, 7) is 0. The summed E-state index contributed by atoms with van der Waals surface area (Å²) in [5.74, 6) is -0.262. The first-order valence-corrected chi connectivity index (χ1v) is 16.7. The van der Waals surface area contributed by atoms with E-state index in [2.05, 4.69) is 0 Å². The van der Waals surface area contributed by atoms with Gasteiger partial charge in [0.1, 0.15) is 14.3 Å². The minimum Gasteiger partial charge on any atom is -0.379 e. The van der Waals surface area contributed by atoms with Crippen molar-refractivity contribution >= 4 is 35.5 Å². The average molecular weight is 545 g/mol. The van der Waals surface area contributed by atoms with E-state index in [1.54, 1.807) is 14.2 Å². The Morgan fingerprint density at radius 3 is 1.37 bits per heavy atom. The smallest absolute Gasteiger partial charge is 0.146 e. The fraction of sp³-hybridized carbons (Fsp3) is 0.250. The van der Waals surface area contributed by atoms with Crippen molar-refractivity contribution in [2.45, 2.75) is 24.3 Å². The second kappa shape index (κ2) is 11.6. The third-order valence-electron chi connectivity index (χ3n) is 7.89. The van der Waals surface area contributed by atoms with Gasteiger partial charge in [-0.1, -0.05) is 121 Å². The summed E-state index contributed by atoms with van der Waals surface area (Å²) in [5.41, 5.74) is -0.303. The third-order valence-corrected chi connectivity index (χ3v) is 14.8. The molecule has 0 bridgehead atoms. The molecule has 1 fully saturated rings. The van der Waals surface area contributed by atoms with Crippen molar-refractivity contribution in [3.63, 3.8) is 0 Å². The predicted octanol–water partition coefficient (Wildman–Crippen LogP) is 5.43. The van der Waals surface area contributed by atoms with Crippen molar-refractivity contribution in [2.75, 3.05) is 20.4 Å². The van der Waals surface area contributed by atoms with Crippen LogP contribution in [0.4, 0.5) is 0 Å². The topological polar surface area (TPSA) is 52.6 Å². The molecular formula is C32H34O4P2. The largest absolute Gasteiger partial charge is 0.379 e. The molecule has 0 saturated heterocycles. The van der Waals surface area contributed by atoms with E-state index in [0.29, 0.717) is 12.6 Å². The van der Waals surface area contributed by atoms with Crippen molar-refractivity contribution in [3.8, 4) is 0 Å². The molecule has 196 valence electrons. The fourth-order valence-corrected chi connectivity index (χ4v) is 12.9. The van der Waals surface area contributed by atoms with Crippen LogP contribution in [0.1, 0.15) is 6.42 Å². The standard InChI is InChI=1S/C32H34O4P2/c1-35-30-23-31(38(34,27-19-11-5-12-20-27)28-21-13-6-14-22-28)29(32(30)36-2)24-37(33,25-15-7-3-8-16-25)26-17-9-4-10-18-26/h3-22,29-32H,23-24H2,1-2H3/t29-,30-,31+,32-/m0/s1. The first kappa shape index (κ1) is 26.9. The molecule has 4 aromatic carbocycles. The molecule has 0 radical (unpaired) electrons. The molecule has 0 aromatic heterocycles. The molecule has 0 unspecified atom stereocenters. The molecule has 0 aliphatic heterocycles. The van der Waals surface area contributed by atoms with Crippen LogP contribution in [0.2, 0.25) is 0 Å². The van der Waals surface area contributed by atoms with Crippen LogP contribution in [0.3, 0.4) is 0 Å². The molecule has 38 heavy (non-hydrogen) atoms. The molecule has 4 nitrogen and oxygen atoms in total. The SMILES string of the molecule is CO[C@H]1[C@@H](CP(=O)(c2ccccc2)c2ccccc2)[C@H](P(=O)(c2ccccc2)c2ccccc2)C[C@@H]1OC. The number of hydrogen-bond acceptors (Lipinski definition) is 4. The molecule has 4 aromatic rings. The lowest BCUT2D eigenvalue weighted by atomic mass is 10.1. The summed E-state index contributed by atoms with van der Waals surface area (Å²) in [5, 5.41) is 3.22. The van der Waals surface area contributed by atoms with Crippen molar-refractivity contribution < 1.29 is 18.6 Å². The highest BCUT2D eigenvalue weighted by Crippen LogP contribution is 2.60. The zero-order valence-corrected chi connectivity index (χ0v) is 23.6. The van der Waals surface area contributed by atoms with Crippen molar-refractivity contribution in [3.05, 3.63) is 121 Å². The Morgan fingerprint density at radius 1 is 0.605 bits per heavy atom. The summed E-state index contributed by atoms with van der Waals surface area (Å²) >= 11 is 0. The van der Waals surface area contributed by atoms with Crippen LogP contribution in [0, 0.1) is 5.92 Å². The normalized spacial score (nSPS) is 21.8. The van der Waals surface area contributed by atoms with Gasteiger partial charge in [0.15, 0.2) is 0 Å². The van der Waals surface area contributed by atoms with E-state index in [1.807, 2.05) is 121 Å². The van der Waals surface area contributed by atoms with Gasteiger partial charge in [-0.15, -0.1) is 0 Å². The van der Waals surface area contributed by atoms with Gasteiger partial charge in [0.2, 0.25) is 0 Å². The highest BCUT2D eigenvalue weighted by molar-refractivity contribution is 7.80. The zero-order valence-electron chi connectivity index (χ0n) is 21.8. The van der Waals surface area contributed by atoms with E-state index in [9.17, 15) is 0 Å². The van der Waals surface area contributed by atoms with E-state index in [-0.39, 0.29) is 23.8 Å². The summed E-state index contributed by atoms with van der Waals surface area (Å²) in [6.07, 6.45) is 0.306. The summed E-state index contributed by atoms with van der Waals surface area (Å²) in [4.78, 5) is 0. The molecule has 1 aliphatic rings. The maximum absolute atomic E-state index is 15.5. The Labute approximate surface area is 225 Å². The summed E-state index contributed by atoms with van der Waals surface area (Å²) in [7, 11) is -2.93. The van der Waals surface area contributed by atoms with Crippen LogP contribution in [0.5, 0.6) is 0 Å². The zero-order chi connectivity index (χ0) is 26.6. The number of ether oxygens (including phenoxy) is 2. The van der Waals surface area contributed by atoms with Gasteiger partial charge in [-0.05, 0) is 6.42 Å². The summed E-state index contributed by atoms with van der Waals surface area (Å²) < 4.78 is 42.7. The number of benzene rings is 4. The van der Waals surface area contributed by atoms with E-state index in [4.69, 9.17) is 9.47 Å². The van der Waals surface area contributed by atoms with Crippen LogP contribution < -0.4 is 21.2 Å². The second-order valence-corrected chi connectivity index (χ2v) is 15.8. The van der Waals surface area contributed by atoms with Crippen LogP contribution in [-0.4, -0.2) is 38.2 Å². The Morgan fingerprint density at radius 2 is 1.00 bits per heavy atom. The Balaban J connectivity index is 1.69. The minimum atomic E-state index is -3.18. The summed E-state index contributed by atoms with van der Waals surface area (Å²) in [6, 6.07) is 38.9. The van der Waals surface area contributed by atoms with Crippen LogP contribution in [-0.2, 0) is 18.6 Å². The molecular weight excluding hydrogens is 510 g/mol. The Kier molecular flexibility index (Phi) is 8.17. The lowest BCUT2D eigenvalue weighted by molar-refractivity contribution is -0.0306. The number of methoxy groups -OCH3 is 2. The van der Waals surface area contributed by atoms with Gasteiger partial charge in [0.05, 0.1) is 12.2 Å². The van der Waals surface area contributed by atoms with Crippen LogP contribution in [0.25, 0.3) is 0 Å². The molecule has 4 atom stereocenters.